The Morgan fingerprint density at radius 1 is 1.25 bits per heavy atom. The van der Waals surface area contributed by atoms with Gasteiger partial charge < -0.3 is 19.5 Å². The average Bonchev–Trinajstić information content (AvgIpc) is 3.29. The van der Waals surface area contributed by atoms with E-state index in [1.54, 1.807) is 0 Å². The van der Waals surface area contributed by atoms with Crippen LogP contribution in [0.15, 0.2) is 36.4 Å². The predicted octanol–water partition coefficient (Wildman–Crippen LogP) is 5.13. The van der Waals surface area contributed by atoms with Crippen molar-refractivity contribution in [2.75, 3.05) is 13.7 Å². The number of ether oxygens (including phenoxy) is 1. The number of hydrogen-bond donors (Lipinski definition) is 2. The molecule has 1 aromatic heterocycles. The lowest BCUT2D eigenvalue weighted by molar-refractivity contribution is -0.181. The van der Waals surface area contributed by atoms with E-state index >= 15 is 0 Å². The molecule has 0 bridgehead atoms. The van der Waals surface area contributed by atoms with E-state index in [1.165, 1.54) is 12.7 Å². The predicted molar refractivity (Wildman–Crippen MR) is 139 cm³/mol. The van der Waals surface area contributed by atoms with E-state index in [-0.39, 0.29) is 17.9 Å². The maximum atomic E-state index is 11.8. The number of benzene rings is 2. The third-order valence-electron chi connectivity index (χ3n) is 7.95. The topological polar surface area (TPSA) is 87.8 Å². The fourth-order valence-electron chi connectivity index (χ4n) is 6.04. The molecule has 2 aliphatic rings. The quantitative estimate of drug-likeness (QED) is 0.427. The first-order valence-electron chi connectivity index (χ1n) is 12.8. The summed E-state index contributed by atoms with van der Waals surface area (Å²) in [7, 11) is 1.51. The van der Waals surface area contributed by atoms with Gasteiger partial charge in [0.25, 0.3) is 0 Å². The summed E-state index contributed by atoms with van der Waals surface area (Å²) >= 11 is 6.51. The molecule has 3 aromatic rings. The summed E-state index contributed by atoms with van der Waals surface area (Å²) in [6.45, 7) is 3.46. The van der Waals surface area contributed by atoms with Crippen molar-refractivity contribution in [2.45, 2.75) is 70.4 Å². The largest absolute Gasteiger partial charge is 0.481 e. The zero-order valence-electron chi connectivity index (χ0n) is 20.9. The van der Waals surface area contributed by atoms with Crippen molar-refractivity contribution in [3.05, 3.63) is 63.9 Å². The minimum atomic E-state index is -0.955. The Hall–Kier alpha value is -2.45. The van der Waals surface area contributed by atoms with Crippen LogP contribution < -0.4 is 0 Å². The Kier molecular flexibility index (Phi) is 7.35. The van der Waals surface area contributed by atoms with Crippen LogP contribution in [-0.4, -0.2) is 50.7 Å². The molecular weight excluding hydrogens is 478 g/mol. The van der Waals surface area contributed by atoms with Gasteiger partial charge in [-0.05, 0) is 67.9 Å². The summed E-state index contributed by atoms with van der Waals surface area (Å²) in [4.78, 5) is 19.0. The summed E-state index contributed by atoms with van der Waals surface area (Å²) in [5, 5.41) is 20.8. The highest BCUT2D eigenvalue weighted by Crippen LogP contribution is 2.40. The number of aliphatic carboxylic acids is 1. The molecule has 1 aliphatic carbocycles. The van der Waals surface area contributed by atoms with Gasteiger partial charge in [-0.2, -0.15) is 0 Å². The van der Waals surface area contributed by atoms with Crippen LogP contribution in [0.3, 0.4) is 0 Å². The standard InChI is InChI=1S/C28H34ClN3O4/c1-17(14-19-6-3-4-9-23(19)29)32-24-11-10-18-12-13-31(28(35)36-2)16-22(18)25(24)30-26(32)20-7-5-8-21(15-20)27(33)34/h3-4,6,9-11,17,20-21,28,35H,5,7-8,12-16H2,1-2H3,(H,33,34)/t17-,20-,21-,28?/m0/s1. The molecule has 1 aliphatic heterocycles. The number of nitrogens with zero attached hydrogens (tertiary/aromatic N) is 3. The van der Waals surface area contributed by atoms with Crippen molar-refractivity contribution in [2.24, 2.45) is 5.92 Å². The Morgan fingerprint density at radius 3 is 2.81 bits per heavy atom. The molecule has 36 heavy (non-hydrogen) atoms. The summed E-state index contributed by atoms with van der Waals surface area (Å²) in [6.07, 6.45) is 3.75. The molecule has 1 unspecified atom stereocenters. The van der Waals surface area contributed by atoms with Crippen LogP contribution in [-0.2, 0) is 28.9 Å². The summed E-state index contributed by atoms with van der Waals surface area (Å²) in [5.41, 5.74) is 5.43. The number of imidazole rings is 1. The number of carboxylic acid groups (broad SMARTS) is 1. The van der Waals surface area contributed by atoms with Crippen LogP contribution in [0.1, 0.15) is 67.1 Å². The number of rotatable bonds is 7. The second-order valence-electron chi connectivity index (χ2n) is 10.2. The van der Waals surface area contributed by atoms with E-state index in [2.05, 4.69) is 29.7 Å². The van der Waals surface area contributed by atoms with Gasteiger partial charge in [0, 0.05) is 37.2 Å². The van der Waals surface area contributed by atoms with Crippen molar-refractivity contribution in [3.8, 4) is 0 Å². The minimum Gasteiger partial charge on any atom is -0.481 e. The molecule has 2 N–H and O–H groups in total. The van der Waals surface area contributed by atoms with Crippen molar-refractivity contribution in [3.63, 3.8) is 0 Å². The Morgan fingerprint density at radius 2 is 2.06 bits per heavy atom. The lowest BCUT2D eigenvalue weighted by Gasteiger charge is -2.31. The van der Waals surface area contributed by atoms with Crippen LogP contribution in [0.25, 0.3) is 11.0 Å². The first-order valence-corrected chi connectivity index (χ1v) is 13.2. The van der Waals surface area contributed by atoms with E-state index in [4.69, 9.17) is 21.3 Å². The molecule has 2 aromatic carbocycles. The van der Waals surface area contributed by atoms with Gasteiger partial charge in [0.1, 0.15) is 5.82 Å². The maximum absolute atomic E-state index is 11.8. The highest BCUT2D eigenvalue weighted by Gasteiger charge is 2.33. The maximum Gasteiger partial charge on any atom is 0.306 e. The number of fused-ring (bicyclic) bond motifs is 3. The normalized spacial score (nSPS) is 22.3. The molecule has 2 heterocycles. The van der Waals surface area contributed by atoms with E-state index in [0.29, 0.717) is 19.5 Å². The van der Waals surface area contributed by atoms with Gasteiger partial charge in [0.15, 0.2) is 0 Å². The van der Waals surface area contributed by atoms with Gasteiger partial charge in [-0.3, -0.25) is 9.69 Å². The lowest BCUT2D eigenvalue weighted by atomic mass is 9.81. The molecule has 1 fully saturated rings. The molecule has 4 atom stereocenters. The van der Waals surface area contributed by atoms with Crippen molar-refractivity contribution >= 4 is 28.6 Å². The van der Waals surface area contributed by atoms with Gasteiger partial charge in [0.05, 0.1) is 17.0 Å². The highest BCUT2D eigenvalue weighted by atomic mass is 35.5. The summed E-state index contributed by atoms with van der Waals surface area (Å²) in [5.74, 6) is -0.000588. The lowest BCUT2D eigenvalue weighted by Crippen LogP contribution is -2.40. The first-order chi connectivity index (χ1) is 17.4. The van der Waals surface area contributed by atoms with Crippen LogP contribution in [0.5, 0.6) is 0 Å². The van der Waals surface area contributed by atoms with Gasteiger partial charge in [-0.1, -0.05) is 42.3 Å². The third-order valence-corrected chi connectivity index (χ3v) is 8.32. The van der Waals surface area contributed by atoms with Crippen LogP contribution >= 0.6 is 11.6 Å². The van der Waals surface area contributed by atoms with Crippen LogP contribution in [0.4, 0.5) is 0 Å². The second-order valence-corrected chi connectivity index (χ2v) is 10.6. The van der Waals surface area contributed by atoms with E-state index in [9.17, 15) is 15.0 Å². The number of aromatic nitrogens is 2. The number of hydrogen-bond acceptors (Lipinski definition) is 5. The SMILES string of the molecule is COC(O)N1CCc2ccc3c(nc([C@H]4CCC[C@H](C(=O)O)C4)n3[C@@H](C)Cc3ccccc3Cl)c2C1. The molecule has 1 saturated carbocycles. The number of aliphatic hydroxyl groups excluding tert-OH is 1. The first kappa shape index (κ1) is 25.2. The molecule has 0 amide bonds. The second kappa shape index (κ2) is 10.5. The average molecular weight is 512 g/mol. The summed E-state index contributed by atoms with van der Waals surface area (Å²) < 4.78 is 7.50. The van der Waals surface area contributed by atoms with E-state index < -0.39 is 12.4 Å². The van der Waals surface area contributed by atoms with E-state index in [0.717, 1.165) is 65.1 Å². The Balaban J connectivity index is 1.60. The fourth-order valence-corrected chi connectivity index (χ4v) is 6.26. The van der Waals surface area contributed by atoms with Crippen molar-refractivity contribution < 1.29 is 19.7 Å². The molecule has 8 heteroatoms. The zero-order valence-corrected chi connectivity index (χ0v) is 21.6. The molecule has 0 spiro atoms. The number of carboxylic acids is 1. The zero-order chi connectivity index (χ0) is 25.4. The van der Waals surface area contributed by atoms with Gasteiger partial charge >= 0.3 is 5.97 Å². The number of methoxy groups -OCH3 is 1. The fraction of sp³-hybridized carbons (Fsp3) is 0.500. The van der Waals surface area contributed by atoms with Crippen LogP contribution in [0, 0.1) is 5.92 Å². The Labute approximate surface area is 216 Å². The third kappa shape index (κ3) is 4.77. The molecule has 0 radical (unpaired) electrons. The monoisotopic (exact) mass is 511 g/mol. The van der Waals surface area contributed by atoms with Crippen LogP contribution in [0.2, 0.25) is 5.02 Å². The van der Waals surface area contributed by atoms with Gasteiger partial charge in [-0.25, -0.2) is 4.98 Å². The van der Waals surface area contributed by atoms with Crippen molar-refractivity contribution in [1.29, 1.82) is 0 Å². The summed E-state index contributed by atoms with van der Waals surface area (Å²) in [6, 6.07) is 12.3. The molecular formula is C28H34ClN3O4. The molecule has 0 saturated heterocycles. The smallest absolute Gasteiger partial charge is 0.306 e. The molecule has 5 rings (SSSR count). The Bertz CT molecular complexity index is 1260. The molecule has 192 valence electrons. The van der Waals surface area contributed by atoms with Gasteiger partial charge in [0.2, 0.25) is 6.41 Å². The number of halogens is 1. The highest BCUT2D eigenvalue weighted by molar-refractivity contribution is 6.31. The van der Waals surface area contributed by atoms with Gasteiger partial charge in [-0.15, -0.1) is 0 Å². The number of carbonyl (C=O) groups is 1. The van der Waals surface area contributed by atoms with Crippen molar-refractivity contribution in [1.82, 2.24) is 14.5 Å². The van der Waals surface area contributed by atoms with E-state index in [1.807, 2.05) is 23.1 Å². The minimum absolute atomic E-state index is 0.0809. The molecule has 7 nitrogen and oxygen atoms in total. The number of aliphatic hydroxyl groups is 1.